The van der Waals surface area contributed by atoms with E-state index in [4.69, 9.17) is 4.52 Å². The highest BCUT2D eigenvalue weighted by molar-refractivity contribution is 6.01. The Morgan fingerprint density at radius 2 is 1.83 bits per heavy atom. The Kier molecular flexibility index (Phi) is 5.10. The van der Waals surface area contributed by atoms with Crippen LogP contribution in [0.4, 0.5) is 4.39 Å². The maximum absolute atomic E-state index is 13.2. The van der Waals surface area contributed by atoms with Gasteiger partial charge in [-0.05, 0) is 42.0 Å². The van der Waals surface area contributed by atoms with E-state index in [0.29, 0.717) is 23.5 Å². The van der Waals surface area contributed by atoms with Crippen molar-refractivity contribution in [3.05, 3.63) is 90.5 Å². The largest absolute Gasteiger partial charge is 0.332 e. The zero-order chi connectivity index (χ0) is 23.8. The fraction of sp³-hybridized carbons (Fsp3) is 0.120. The highest BCUT2D eigenvalue weighted by atomic mass is 19.1. The summed E-state index contributed by atoms with van der Waals surface area (Å²) in [7, 11) is 0. The molecule has 10 heteroatoms. The first-order valence-electron chi connectivity index (χ1n) is 11.0. The van der Waals surface area contributed by atoms with Crippen LogP contribution >= 0.6 is 0 Å². The van der Waals surface area contributed by atoms with Crippen molar-refractivity contribution in [2.24, 2.45) is 5.10 Å². The molecular weight excluding hydrogens is 449 g/mol. The van der Waals surface area contributed by atoms with Crippen LogP contribution in [0.25, 0.3) is 28.2 Å². The minimum atomic E-state index is -0.331. The van der Waals surface area contributed by atoms with Crippen molar-refractivity contribution in [3.63, 3.8) is 0 Å². The van der Waals surface area contributed by atoms with Gasteiger partial charge in [0.25, 0.3) is 5.89 Å². The zero-order valence-corrected chi connectivity index (χ0v) is 18.4. The maximum atomic E-state index is 13.2. The number of pyridine rings is 1. The predicted molar refractivity (Wildman–Crippen MR) is 125 cm³/mol. The molecule has 0 radical (unpaired) electrons. The number of halogens is 1. The summed E-state index contributed by atoms with van der Waals surface area (Å²) < 4.78 is 20.5. The van der Waals surface area contributed by atoms with Gasteiger partial charge >= 0.3 is 0 Å². The topological polar surface area (TPSA) is 102 Å². The molecular formula is C25H18FN7O2. The van der Waals surface area contributed by atoms with E-state index in [1.807, 2.05) is 41.0 Å². The number of para-hydroxylation sites is 2. The second kappa shape index (κ2) is 8.56. The Balaban J connectivity index is 1.23. The third-order valence-electron chi connectivity index (χ3n) is 5.73. The van der Waals surface area contributed by atoms with Gasteiger partial charge in [0.2, 0.25) is 11.7 Å². The van der Waals surface area contributed by atoms with Crippen LogP contribution in [0.5, 0.6) is 0 Å². The molecule has 0 N–H and O–H groups in total. The average molecular weight is 467 g/mol. The molecule has 0 fully saturated rings. The lowest BCUT2D eigenvalue weighted by Crippen LogP contribution is -2.31. The Labute approximate surface area is 198 Å². The summed E-state index contributed by atoms with van der Waals surface area (Å²) in [6.07, 6.45) is 4.07. The number of hydrazone groups is 1. The summed E-state index contributed by atoms with van der Waals surface area (Å²) in [6.45, 7) is 0.234. The SMILES string of the molecule is O=C1CCC(c2nc(-c3ccc(-n4cnc5ccccc54)nc3)no2)=NN1Cc1ccc(F)cc1. The lowest BCUT2D eigenvalue weighted by molar-refractivity contribution is -0.132. The number of hydrogen-bond donors (Lipinski definition) is 0. The van der Waals surface area contributed by atoms with Crippen LogP contribution in [0.3, 0.4) is 0 Å². The molecule has 0 spiro atoms. The number of carbonyl (C=O) groups excluding carboxylic acids is 1. The van der Waals surface area contributed by atoms with Gasteiger partial charge < -0.3 is 4.52 Å². The van der Waals surface area contributed by atoms with Crippen molar-refractivity contribution in [2.75, 3.05) is 0 Å². The first-order valence-corrected chi connectivity index (χ1v) is 11.0. The van der Waals surface area contributed by atoms with Crippen molar-refractivity contribution < 1.29 is 13.7 Å². The minimum Gasteiger partial charge on any atom is -0.332 e. The molecule has 1 aliphatic heterocycles. The second-order valence-corrected chi connectivity index (χ2v) is 8.06. The first-order chi connectivity index (χ1) is 17.1. The predicted octanol–water partition coefficient (Wildman–Crippen LogP) is 4.14. The van der Waals surface area contributed by atoms with Crippen LogP contribution in [0, 0.1) is 5.82 Å². The molecule has 172 valence electrons. The lowest BCUT2D eigenvalue weighted by atomic mass is 10.1. The maximum Gasteiger partial charge on any atom is 0.274 e. The van der Waals surface area contributed by atoms with E-state index in [1.165, 1.54) is 17.1 Å². The number of fused-ring (bicyclic) bond motifs is 1. The van der Waals surface area contributed by atoms with Gasteiger partial charge in [0, 0.05) is 24.6 Å². The monoisotopic (exact) mass is 467 g/mol. The number of benzene rings is 2. The molecule has 35 heavy (non-hydrogen) atoms. The second-order valence-electron chi connectivity index (χ2n) is 8.06. The molecule has 0 aliphatic carbocycles. The van der Waals surface area contributed by atoms with Gasteiger partial charge in [0.1, 0.15) is 23.7 Å². The number of amides is 1. The summed E-state index contributed by atoms with van der Waals surface area (Å²) in [4.78, 5) is 25.7. The Bertz CT molecular complexity index is 1560. The zero-order valence-electron chi connectivity index (χ0n) is 18.4. The number of hydrogen-bond acceptors (Lipinski definition) is 7. The van der Waals surface area contributed by atoms with E-state index in [2.05, 4.69) is 25.2 Å². The quantitative estimate of drug-likeness (QED) is 0.385. The Hall–Kier alpha value is -4.73. The number of carbonyl (C=O) groups is 1. The lowest BCUT2D eigenvalue weighted by Gasteiger charge is -2.22. The molecule has 0 unspecified atom stereocenters. The molecule has 4 heterocycles. The van der Waals surface area contributed by atoms with Gasteiger partial charge in [0.05, 0.1) is 17.6 Å². The van der Waals surface area contributed by atoms with E-state index in [9.17, 15) is 9.18 Å². The van der Waals surface area contributed by atoms with Crippen LogP contribution in [-0.4, -0.2) is 41.3 Å². The molecule has 6 rings (SSSR count). The van der Waals surface area contributed by atoms with Crippen LogP contribution in [0.15, 0.2) is 82.8 Å². The van der Waals surface area contributed by atoms with Crippen molar-refractivity contribution in [3.8, 4) is 17.2 Å². The number of aromatic nitrogens is 5. The summed E-state index contributed by atoms with van der Waals surface area (Å²) in [5.74, 6) is 0.894. The normalized spacial score (nSPS) is 13.9. The Morgan fingerprint density at radius 3 is 2.66 bits per heavy atom. The van der Waals surface area contributed by atoms with Gasteiger partial charge in [0.15, 0.2) is 0 Å². The van der Waals surface area contributed by atoms with E-state index >= 15 is 0 Å². The molecule has 1 amide bonds. The van der Waals surface area contributed by atoms with Gasteiger partial charge in [-0.1, -0.05) is 29.4 Å². The molecule has 9 nitrogen and oxygen atoms in total. The third-order valence-corrected chi connectivity index (χ3v) is 5.73. The molecule has 5 aromatic rings. The van der Waals surface area contributed by atoms with E-state index < -0.39 is 0 Å². The molecule has 0 saturated carbocycles. The van der Waals surface area contributed by atoms with Gasteiger partial charge in [-0.15, -0.1) is 0 Å². The summed E-state index contributed by atoms with van der Waals surface area (Å²) in [5.41, 5.74) is 3.84. The first kappa shape index (κ1) is 20.8. The Morgan fingerprint density at radius 1 is 0.971 bits per heavy atom. The average Bonchev–Trinajstić information content (AvgIpc) is 3.55. The van der Waals surface area contributed by atoms with Crippen LogP contribution in [0.1, 0.15) is 24.3 Å². The van der Waals surface area contributed by atoms with E-state index in [0.717, 1.165) is 22.4 Å². The van der Waals surface area contributed by atoms with Crippen molar-refractivity contribution in [1.29, 1.82) is 0 Å². The molecule has 3 aromatic heterocycles. The highest BCUT2D eigenvalue weighted by Crippen LogP contribution is 2.22. The molecule has 1 aliphatic rings. The fourth-order valence-corrected chi connectivity index (χ4v) is 3.90. The van der Waals surface area contributed by atoms with Crippen LogP contribution in [-0.2, 0) is 11.3 Å². The summed E-state index contributed by atoms with van der Waals surface area (Å²) in [5, 5.41) is 9.84. The summed E-state index contributed by atoms with van der Waals surface area (Å²) >= 11 is 0. The van der Waals surface area contributed by atoms with Gasteiger partial charge in [-0.25, -0.2) is 19.4 Å². The molecule has 2 aromatic carbocycles. The molecule has 0 saturated heterocycles. The molecule has 0 bridgehead atoms. The van der Waals surface area contributed by atoms with Gasteiger partial charge in [-0.2, -0.15) is 10.1 Å². The van der Waals surface area contributed by atoms with Crippen LogP contribution in [0.2, 0.25) is 0 Å². The smallest absolute Gasteiger partial charge is 0.274 e. The fourth-order valence-electron chi connectivity index (χ4n) is 3.90. The van der Waals surface area contributed by atoms with Crippen LogP contribution < -0.4 is 0 Å². The number of nitrogens with zero attached hydrogens (tertiary/aromatic N) is 7. The third kappa shape index (κ3) is 4.05. The van der Waals surface area contributed by atoms with Crippen molar-refractivity contribution in [2.45, 2.75) is 19.4 Å². The summed E-state index contributed by atoms with van der Waals surface area (Å²) in [6, 6.07) is 17.5. The van der Waals surface area contributed by atoms with Crippen molar-refractivity contribution >= 4 is 22.7 Å². The highest BCUT2D eigenvalue weighted by Gasteiger charge is 2.25. The standard InChI is InChI=1S/C25H18FN7O2/c26-18-8-5-16(6-9-18)14-33-23(34)12-10-20(30-33)25-29-24(31-35-25)17-7-11-22(27-13-17)32-15-28-19-3-1-2-4-21(19)32/h1-9,11,13,15H,10,12,14H2. The van der Waals surface area contributed by atoms with E-state index in [-0.39, 0.29) is 30.6 Å². The number of rotatable bonds is 5. The van der Waals surface area contributed by atoms with Gasteiger partial charge in [-0.3, -0.25) is 9.36 Å². The minimum absolute atomic E-state index is 0.121. The number of imidazole rings is 1. The molecule has 0 atom stereocenters. The van der Waals surface area contributed by atoms with E-state index in [1.54, 1.807) is 24.7 Å². The van der Waals surface area contributed by atoms with Crippen molar-refractivity contribution in [1.82, 2.24) is 29.7 Å².